The Morgan fingerprint density at radius 1 is 1.00 bits per heavy atom. The Hall–Kier alpha value is -1.47. The van der Waals surface area contributed by atoms with E-state index >= 15 is 0 Å². The SMILES string of the molecule is CCc1ccc(OCc2ccccc2)c(Cl)c1. The minimum atomic E-state index is 0.548. The van der Waals surface area contributed by atoms with Crippen molar-refractivity contribution in [2.75, 3.05) is 0 Å². The van der Waals surface area contributed by atoms with Gasteiger partial charge in [0.2, 0.25) is 0 Å². The van der Waals surface area contributed by atoms with Crippen LogP contribution in [-0.4, -0.2) is 0 Å². The maximum Gasteiger partial charge on any atom is 0.138 e. The van der Waals surface area contributed by atoms with Crippen LogP contribution in [0.3, 0.4) is 0 Å². The van der Waals surface area contributed by atoms with Gasteiger partial charge in [-0.15, -0.1) is 0 Å². The molecular weight excluding hydrogens is 232 g/mol. The summed E-state index contributed by atoms with van der Waals surface area (Å²) in [6.07, 6.45) is 0.985. The zero-order chi connectivity index (χ0) is 12.1. The molecule has 0 bridgehead atoms. The standard InChI is InChI=1S/C15H15ClO/c1-2-12-8-9-15(14(16)10-12)17-11-13-6-4-3-5-7-13/h3-10H,2,11H2,1H3. The average molecular weight is 247 g/mol. The molecule has 2 aromatic carbocycles. The Bertz CT molecular complexity index is 480. The Balaban J connectivity index is 2.04. The molecule has 0 aromatic heterocycles. The van der Waals surface area contributed by atoms with E-state index in [9.17, 15) is 0 Å². The maximum absolute atomic E-state index is 6.15. The third-order valence-corrected chi connectivity index (χ3v) is 2.94. The number of rotatable bonds is 4. The summed E-state index contributed by atoms with van der Waals surface area (Å²) in [5, 5.41) is 0.681. The topological polar surface area (TPSA) is 9.23 Å². The molecule has 2 aromatic rings. The smallest absolute Gasteiger partial charge is 0.138 e. The lowest BCUT2D eigenvalue weighted by molar-refractivity contribution is 0.306. The quantitative estimate of drug-likeness (QED) is 0.773. The van der Waals surface area contributed by atoms with E-state index in [0.29, 0.717) is 11.6 Å². The number of aryl methyl sites for hydroxylation is 1. The van der Waals surface area contributed by atoms with Gasteiger partial charge in [0.05, 0.1) is 5.02 Å². The number of ether oxygens (including phenoxy) is 1. The van der Waals surface area contributed by atoms with Crippen LogP contribution in [0.25, 0.3) is 0 Å². The molecule has 0 fully saturated rings. The first-order valence-corrected chi connectivity index (χ1v) is 6.12. The molecule has 0 aliphatic heterocycles. The van der Waals surface area contributed by atoms with Crippen LogP contribution in [0.5, 0.6) is 5.75 Å². The second-order valence-electron chi connectivity index (χ2n) is 3.89. The molecule has 0 unspecified atom stereocenters. The largest absolute Gasteiger partial charge is 0.487 e. The van der Waals surface area contributed by atoms with Crippen LogP contribution in [0.1, 0.15) is 18.1 Å². The molecule has 0 heterocycles. The third-order valence-electron chi connectivity index (χ3n) is 2.64. The van der Waals surface area contributed by atoms with Crippen LogP contribution in [0.2, 0.25) is 5.02 Å². The second kappa shape index (κ2) is 5.74. The fraction of sp³-hybridized carbons (Fsp3) is 0.200. The van der Waals surface area contributed by atoms with Gasteiger partial charge in [-0.3, -0.25) is 0 Å². The van der Waals surface area contributed by atoms with Crippen molar-refractivity contribution in [3.8, 4) is 5.75 Å². The summed E-state index contributed by atoms with van der Waals surface area (Å²) >= 11 is 6.15. The van der Waals surface area contributed by atoms with Crippen molar-refractivity contribution in [2.24, 2.45) is 0 Å². The van der Waals surface area contributed by atoms with E-state index in [2.05, 4.69) is 6.92 Å². The van der Waals surface area contributed by atoms with Gasteiger partial charge < -0.3 is 4.74 Å². The first-order chi connectivity index (χ1) is 8.29. The highest BCUT2D eigenvalue weighted by atomic mass is 35.5. The first kappa shape index (κ1) is 12.0. The van der Waals surface area contributed by atoms with Gasteiger partial charge in [0.25, 0.3) is 0 Å². The Kier molecular flexibility index (Phi) is 4.05. The summed E-state index contributed by atoms with van der Waals surface area (Å²) in [6, 6.07) is 16.0. The van der Waals surface area contributed by atoms with Crippen LogP contribution < -0.4 is 4.74 Å². The zero-order valence-corrected chi connectivity index (χ0v) is 10.6. The predicted molar refractivity (Wildman–Crippen MR) is 71.6 cm³/mol. The fourth-order valence-electron chi connectivity index (χ4n) is 1.62. The lowest BCUT2D eigenvalue weighted by Crippen LogP contribution is -1.96. The van der Waals surface area contributed by atoms with Crippen molar-refractivity contribution in [3.63, 3.8) is 0 Å². The highest BCUT2D eigenvalue weighted by Gasteiger charge is 2.02. The molecule has 0 saturated carbocycles. The molecule has 0 atom stereocenters. The molecule has 0 spiro atoms. The van der Waals surface area contributed by atoms with Gasteiger partial charge in [-0.25, -0.2) is 0 Å². The molecule has 17 heavy (non-hydrogen) atoms. The van der Waals surface area contributed by atoms with Crippen molar-refractivity contribution in [1.29, 1.82) is 0 Å². The summed E-state index contributed by atoms with van der Waals surface area (Å²) in [5.41, 5.74) is 2.37. The van der Waals surface area contributed by atoms with Gasteiger partial charge in [0, 0.05) is 0 Å². The van der Waals surface area contributed by atoms with E-state index < -0.39 is 0 Å². The monoisotopic (exact) mass is 246 g/mol. The molecule has 0 radical (unpaired) electrons. The van der Waals surface area contributed by atoms with Gasteiger partial charge in [-0.1, -0.05) is 54.9 Å². The van der Waals surface area contributed by atoms with E-state index in [1.54, 1.807) is 0 Å². The van der Waals surface area contributed by atoms with Crippen molar-refractivity contribution >= 4 is 11.6 Å². The molecule has 0 amide bonds. The van der Waals surface area contributed by atoms with Crippen LogP contribution in [-0.2, 0) is 13.0 Å². The molecule has 0 aliphatic rings. The Labute approximate surface area is 107 Å². The molecule has 1 nitrogen and oxygen atoms in total. The van der Waals surface area contributed by atoms with Crippen LogP contribution >= 0.6 is 11.6 Å². The summed E-state index contributed by atoms with van der Waals surface area (Å²) in [7, 11) is 0. The van der Waals surface area contributed by atoms with Crippen molar-refractivity contribution in [2.45, 2.75) is 20.0 Å². The van der Waals surface area contributed by atoms with E-state index in [-0.39, 0.29) is 0 Å². The molecule has 2 rings (SSSR count). The number of hydrogen-bond donors (Lipinski definition) is 0. The van der Waals surface area contributed by atoms with Gasteiger partial charge in [0.15, 0.2) is 0 Å². The minimum absolute atomic E-state index is 0.548. The molecule has 2 heteroatoms. The van der Waals surface area contributed by atoms with Crippen LogP contribution in [0, 0.1) is 0 Å². The van der Waals surface area contributed by atoms with Crippen LogP contribution in [0.4, 0.5) is 0 Å². The fourth-order valence-corrected chi connectivity index (χ4v) is 1.87. The van der Waals surface area contributed by atoms with Gasteiger partial charge in [0.1, 0.15) is 12.4 Å². The number of halogens is 1. The van der Waals surface area contributed by atoms with Gasteiger partial charge in [-0.2, -0.15) is 0 Å². The van der Waals surface area contributed by atoms with E-state index in [1.165, 1.54) is 5.56 Å². The molecule has 0 N–H and O–H groups in total. The maximum atomic E-state index is 6.15. The second-order valence-corrected chi connectivity index (χ2v) is 4.30. The number of hydrogen-bond acceptors (Lipinski definition) is 1. The van der Waals surface area contributed by atoms with E-state index in [4.69, 9.17) is 16.3 Å². The van der Waals surface area contributed by atoms with Gasteiger partial charge in [-0.05, 0) is 29.7 Å². The lowest BCUT2D eigenvalue weighted by atomic mass is 10.2. The molecule has 88 valence electrons. The summed E-state index contributed by atoms with van der Waals surface area (Å²) < 4.78 is 5.69. The van der Waals surface area contributed by atoms with Crippen molar-refractivity contribution in [3.05, 3.63) is 64.7 Å². The van der Waals surface area contributed by atoms with E-state index in [1.807, 2.05) is 48.5 Å². The number of benzene rings is 2. The highest BCUT2D eigenvalue weighted by molar-refractivity contribution is 6.32. The zero-order valence-electron chi connectivity index (χ0n) is 9.82. The van der Waals surface area contributed by atoms with Crippen molar-refractivity contribution in [1.82, 2.24) is 0 Å². The normalized spacial score (nSPS) is 10.2. The van der Waals surface area contributed by atoms with Crippen LogP contribution in [0.15, 0.2) is 48.5 Å². The average Bonchev–Trinajstić information content (AvgIpc) is 2.38. The predicted octanol–water partition coefficient (Wildman–Crippen LogP) is 4.48. The van der Waals surface area contributed by atoms with Crippen molar-refractivity contribution < 1.29 is 4.74 Å². The van der Waals surface area contributed by atoms with E-state index in [0.717, 1.165) is 17.7 Å². The first-order valence-electron chi connectivity index (χ1n) is 5.74. The highest BCUT2D eigenvalue weighted by Crippen LogP contribution is 2.26. The summed E-state index contributed by atoms with van der Waals surface area (Å²) in [5.74, 6) is 0.743. The summed E-state index contributed by atoms with van der Waals surface area (Å²) in [6.45, 7) is 2.65. The minimum Gasteiger partial charge on any atom is -0.487 e. The lowest BCUT2D eigenvalue weighted by Gasteiger charge is -2.09. The van der Waals surface area contributed by atoms with Gasteiger partial charge >= 0.3 is 0 Å². The third kappa shape index (κ3) is 3.24. The Morgan fingerprint density at radius 2 is 1.76 bits per heavy atom. The Morgan fingerprint density at radius 3 is 2.41 bits per heavy atom. The molecule has 0 aliphatic carbocycles. The molecular formula is C15H15ClO. The molecule has 0 saturated heterocycles. The summed E-state index contributed by atoms with van der Waals surface area (Å²) in [4.78, 5) is 0.